The molecule has 1 heterocycles. The van der Waals surface area contributed by atoms with Crippen LogP contribution in [-0.2, 0) is 9.53 Å². The maximum absolute atomic E-state index is 14.3. The molecule has 1 rings (SSSR count). The highest BCUT2D eigenvalue weighted by Crippen LogP contribution is 2.29. The van der Waals surface area contributed by atoms with E-state index in [9.17, 15) is 9.18 Å². The van der Waals surface area contributed by atoms with Gasteiger partial charge in [-0.05, 0) is 12.3 Å². The fourth-order valence-corrected chi connectivity index (χ4v) is 2.20. The molecule has 0 aromatic heterocycles. The Bertz CT molecular complexity index is 265. The molecule has 0 aliphatic carbocycles. The summed E-state index contributed by atoms with van der Waals surface area (Å²) in [6.45, 7) is 10.6. The molecule has 0 aromatic carbocycles. The molecule has 0 atom stereocenters. The number of nitrogens with zero attached hydrogens (tertiary/aromatic N) is 1. The predicted molar refractivity (Wildman–Crippen MR) is 65.6 cm³/mol. The summed E-state index contributed by atoms with van der Waals surface area (Å²) in [6.07, 6.45) is 0.504. The molecule has 0 saturated carbocycles. The largest absolute Gasteiger partial charge is 0.464 e. The van der Waals surface area contributed by atoms with Crippen LogP contribution >= 0.6 is 0 Å². The molecule has 17 heavy (non-hydrogen) atoms. The van der Waals surface area contributed by atoms with Crippen molar-refractivity contribution in [3.8, 4) is 0 Å². The standard InChI is InChI=1S/C13H24FNO2/c1-5-17-11(16)13(14)6-8-15(9-7-13)10-12(2,3)4/h5-10H2,1-4H3. The number of rotatable bonds is 3. The smallest absolute Gasteiger partial charge is 0.343 e. The summed E-state index contributed by atoms with van der Waals surface area (Å²) in [5.41, 5.74) is -1.55. The van der Waals surface area contributed by atoms with Gasteiger partial charge in [0.15, 0.2) is 0 Å². The van der Waals surface area contributed by atoms with Crippen LogP contribution in [0.3, 0.4) is 0 Å². The molecule has 1 aliphatic heterocycles. The number of carbonyl (C=O) groups excluding carboxylic acids is 1. The van der Waals surface area contributed by atoms with Crippen LogP contribution in [0.5, 0.6) is 0 Å². The molecule has 0 bridgehead atoms. The highest BCUT2D eigenvalue weighted by atomic mass is 19.1. The minimum Gasteiger partial charge on any atom is -0.464 e. The molecule has 0 radical (unpaired) electrons. The summed E-state index contributed by atoms with van der Waals surface area (Å²) in [5.74, 6) is -0.685. The number of piperidine rings is 1. The monoisotopic (exact) mass is 245 g/mol. The molecule has 3 nitrogen and oxygen atoms in total. The molecule has 1 aliphatic rings. The lowest BCUT2D eigenvalue weighted by atomic mass is 9.90. The van der Waals surface area contributed by atoms with Crippen molar-refractivity contribution in [3.63, 3.8) is 0 Å². The average Bonchev–Trinajstić information content (AvgIpc) is 2.20. The maximum Gasteiger partial charge on any atom is 0.343 e. The summed E-state index contributed by atoms with van der Waals surface area (Å²) in [7, 11) is 0. The highest BCUT2D eigenvalue weighted by molar-refractivity contribution is 5.79. The maximum atomic E-state index is 14.3. The average molecular weight is 245 g/mol. The van der Waals surface area contributed by atoms with Gasteiger partial charge in [-0.15, -0.1) is 0 Å². The SMILES string of the molecule is CCOC(=O)C1(F)CCN(CC(C)(C)C)CC1. The first-order chi connectivity index (χ1) is 7.77. The number of alkyl halides is 1. The third kappa shape index (κ3) is 4.26. The van der Waals surface area contributed by atoms with E-state index in [-0.39, 0.29) is 24.9 Å². The minimum absolute atomic E-state index is 0.209. The van der Waals surface area contributed by atoms with Gasteiger partial charge >= 0.3 is 5.97 Å². The molecule has 1 saturated heterocycles. The Kier molecular flexibility index (Phi) is 4.53. The van der Waals surface area contributed by atoms with Crippen molar-refractivity contribution < 1.29 is 13.9 Å². The van der Waals surface area contributed by atoms with Crippen LogP contribution in [0.1, 0.15) is 40.5 Å². The van der Waals surface area contributed by atoms with E-state index in [0.717, 1.165) is 6.54 Å². The van der Waals surface area contributed by atoms with Crippen LogP contribution in [0, 0.1) is 5.41 Å². The van der Waals surface area contributed by atoms with Gasteiger partial charge in [-0.1, -0.05) is 20.8 Å². The fraction of sp³-hybridized carbons (Fsp3) is 0.923. The topological polar surface area (TPSA) is 29.5 Å². The summed E-state index contributed by atoms with van der Waals surface area (Å²) < 4.78 is 19.0. The summed E-state index contributed by atoms with van der Waals surface area (Å²) >= 11 is 0. The molecular weight excluding hydrogens is 221 g/mol. The molecule has 0 spiro atoms. The Morgan fingerprint density at radius 3 is 2.29 bits per heavy atom. The molecule has 0 aromatic rings. The van der Waals surface area contributed by atoms with E-state index >= 15 is 0 Å². The van der Waals surface area contributed by atoms with E-state index in [0.29, 0.717) is 13.1 Å². The van der Waals surface area contributed by atoms with Crippen LogP contribution in [0.2, 0.25) is 0 Å². The highest BCUT2D eigenvalue weighted by Gasteiger charge is 2.43. The Labute approximate surface area is 103 Å². The Hall–Kier alpha value is -0.640. The van der Waals surface area contributed by atoms with E-state index < -0.39 is 11.6 Å². The van der Waals surface area contributed by atoms with Crippen molar-refractivity contribution in [2.45, 2.75) is 46.2 Å². The van der Waals surface area contributed by atoms with Crippen LogP contribution < -0.4 is 0 Å². The van der Waals surface area contributed by atoms with Crippen molar-refractivity contribution in [2.75, 3.05) is 26.2 Å². The van der Waals surface area contributed by atoms with Gasteiger partial charge in [0, 0.05) is 32.5 Å². The molecule has 0 amide bonds. The van der Waals surface area contributed by atoms with Crippen molar-refractivity contribution in [1.29, 1.82) is 0 Å². The van der Waals surface area contributed by atoms with Crippen molar-refractivity contribution >= 4 is 5.97 Å². The zero-order valence-corrected chi connectivity index (χ0v) is 11.4. The quantitative estimate of drug-likeness (QED) is 0.715. The number of likely N-dealkylation sites (tertiary alicyclic amines) is 1. The first kappa shape index (κ1) is 14.4. The zero-order chi connectivity index (χ0) is 13.1. The van der Waals surface area contributed by atoms with Crippen LogP contribution in [-0.4, -0.2) is 42.8 Å². The van der Waals surface area contributed by atoms with Gasteiger partial charge in [-0.3, -0.25) is 0 Å². The lowest BCUT2D eigenvalue weighted by molar-refractivity contribution is -0.161. The Balaban J connectivity index is 2.47. The van der Waals surface area contributed by atoms with Gasteiger partial charge in [0.25, 0.3) is 0 Å². The molecule has 0 unspecified atom stereocenters. The van der Waals surface area contributed by atoms with E-state index in [1.54, 1.807) is 6.92 Å². The van der Waals surface area contributed by atoms with Gasteiger partial charge in [0.05, 0.1) is 6.61 Å². The first-order valence-corrected chi connectivity index (χ1v) is 6.35. The van der Waals surface area contributed by atoms with Crippen LogP contribution in [0.4, 0.5) is 4.39 Å². The van der Waals surface area contributed by atoms with Crippen molar-refractivity contribution in [1.82, 2.24) is 4.90 Å². The lowest BCUT2D eigenvalue weighted by Gasteiger charge is -2.37. The summed E-state index contributed by atoms with van der Waals surface area (Å²) in [6, 6.07) is 0. The van der Waals surface area contributed by atoms with Crippen molar-refractivity contribution in [2.24, 2.45) is 5.41 Å². The van der Waals surface area contributed by atoms with Gasteiger partial charge < -0.3 is 9.64 Å². The second-order valence-electron chi connectivity index (χ2n) is 6.02. The van der Waals surface area contributed by atoms with Gasteiger partial charge in [-0.25, -0.2) is 9.18 Å². The number of hydrogen-bond acceptors (Lipinski definition) is 3. The molecule has 100 valence electrons. The van der Waals surface area contributed by atoms with E-state index in [2.05, 4.69) is 25.7 Å². The summed E-state index contributed by atoms with van der Waals surface area (Å²) in [5, 5.41) is 0. The predicted octanol–water partition coefficient (Wildman–Crippen LogP) is 2.40. The number of halogens is 1. The third-order valence-electron chi connectivity index (χ3n) is 2.99. The Morgan fingerprint density at radius 1 is 1.35 bits per heavy atom. The second-order valence-corrected chi connectivity index (χ2v) is 6.02. The van der Waals surface area contributed by atoms with Crippen LogP contribution in [0.15, 0.2) is 0 Å². The number of esters is 1. The second kappa shape index (κ2) is 5.34. The lowest BCUT2D eigenvalue weighted by Crippen LogP contribution is -2.48. The van der Waals surface area contributed by atoms with E-state index in [1.165, 1.54) is 0 Å². The zero-order valence-electron chi connectivity index (χ0n) is 11.4. The number of carbonyl (C=O) groups is 1. The van der Waals surface area contributed by atoms with Crippen LogP contribution in [0.25, 0.3) is 0 Å². The van der Waals surface area contributed by atoms with Gasteiger partial charge in [0.2, 0.25) is 5.67 Å². The Morgan fingerprint density at radius 2 is 1.88 bits per heavy atom. The van der Waals surface area contributed by atoms with E-state index in [1.807, 2.05) is 0 Å². The molecule has 0 N–H and O–H groups in total. The fourth-order valence-electron chi connectivity index (χ4n) is 2.20. The molecular formula is C13H24FNO2. The molecule has 4 heteroatoms. The summed E-state index contributed by atoms with van der Waals surface area (Å²) in [4.78, 5) is 13.7. The molecule has 1 fully saturated rings. The van der Waals surface area contributed by atoms with Gasteiger partial charge in [-0.2, -0.15) is 0 Å². The minimum atomic E-state index is -1.76. The third-order valence-corrected chi connectivity index (χ3v) is 2.99. The van der Waals surface area contributed by atoms with Crippen molar-refractivity contribution in [3.05, 3.63) is 0 Å². The van der Waals surface area contributed by atoms with Gasteiger partial charge in [0.1, 0.15) is 0 Å². The first-order valence-electron chi connectivity index (χ1n) is 6.35. The number of ether oxygens (including phenoxy) is 1. The normalized spacial score (nSPS) is 21.2. The number of hydrogen-bond donors (Lipinski definition) is 0. The van der Waals surface area contributed by atoms with E-state index in [4.69, 9.17) is 4.74 Å².